The molecule has 0 aliphatic heterocycles. The maximum absolute atomic E-state index is 13.2. The molecule has 0 fully saturated rings. The summed E-state index contributed by atoms with van der Waals surface area (Å²) in [5, 5.41) is 4.40. The van der Waals surface area contributed by atoms with Crippen molar-refractivity contribution in [2.75, 3.05) is 10.8 Å². The number of hydrogen-bond donors (Lipinski definition) is 1. The highest BCUT2D eigenvalue weighted by atomic mass is 35.5. The van der Waals surface area contributed by atoms with Gasteiger partial charge in [-0.2, -0.15) is 18.3 Å². The highest BCUT2D eigenvalue weighted by molar-refractivity contribution is 7.92. The molecule has 34 heavy (non-hydrogen) atoms. The molecular weight excluding hydrogens is 514 g/mol. The standard InChI is InChI=1S/C22H16Cl2F3N3O3S/c23-17-10-9-15(20(24)12-17)13-28-29-21(31)14-30(34(32,33)19-7-2-1-3-8-19)18-6-4-5-16(11-18)22(25,26)27/h1-13H,14H2,(H,29,31)/b28-13-. The largest absolute Gasteiger partial charge is 0.416 e. The van der Waals surface area contributed by atoms with E-state index in [9.17, 15) is 26.4 Å². The van der Waals surface area contributed by atoms with Gasteiger partial charge < -0.3 is 0 Å². The first-order chi connectivity index (χ1) is 16.0. The van der Waals surface area contributed by atoms with Gasteiger partial charge in [0.2, 0.25) is 0 Å². The second kappa shape index (κ2) is 10.5. The number of rotatable bonds is 7. The number of carbonyl (C=O) groups is 1. The molecule has 12 heteroatoms. The molecule has 1 N–H and O–H groups in total. The van der Waals surface area contributed by atoms with Gasteiger partial charge in [-0.3, -0.25) is 9.10 Å². The van der Waals surface area contributed by atoms with Crippen LogP contribution in [0.3, 0.4) is 0 Å². The first kappa shape index (κ1) is 25.5. The zero-order valence-corrected chi connectivity index (χ0v) is 19.5. The van der Waals surface area contributed by atoms with Crippen LogP contribution in [-0.4, -0.2) is 27.1 Å². The zero-order valence-electron chi connectivity index (χ0n) is 17.1. The molecule has 1 amide bonds. The third kappa shape index (κ3) is 6.28. The second-order valence-electron chi connectivity index (χ2n) is 6.83. The van der Waals surface area contributed by atoms with E-state index in [1.165, 1.54) is 42.6 Å². The SMILES string of the molecule is O=C(CN(c1cccc(C(F)(F)F)c1)S(=O)(=O)c1ccccc1)N/N=C\c1ccc(Cl)cc1Cl. The number of benzene rings is 3. The fourth-order valence-electron chi connectivity index (χ4n) is 2.82. The summed E-state index contributed by atoms with van der Waals surface area (Å²) in [6.45, 7) is -0.829. The third-order valence-corrected chi connectivity index (χ3v) is 6.79. The smallest absolute Gasteiger partial charge is 0.271 e. The highest BCUT2D eigenvalue weighted by Gasteiger charge is 2.33. The molecule has 0 saturated heterocycles. The molecule has 3 rings (SSSR count). The van der Waals surface area contributed by atoms with E-state index in [4.69, 9.17) is 23.2 Å². The topological polar surface area (TPSA) is 78.8 Å². The van der Waals surface area contributed by atoms with Crippen molar-refractivity contribution < 1.29 is 26.4 Å². The fraction of sp³-hybridized carbons (Fsp3) is 0.0909. The molecule has 0 radical (unpaired) electrons. The minimum atomic E-state index is -4.71. The van der Waals surface area contributed by atoms with Crippen molar-refractivity contribution in [2.24, 2.45) is 5.10 Å². The number of hydrazone groups is 1. The van der Waals surface area contributed by atoms with E-state index in [1.54, 1.807) is 18.2 Å². The summed E-state index contributed by atoms with van der Waals surface area (Å²) in [6.07, 6.45) is -3.49. The number of alkyl halides is 3. The summed E-state index contributed by atoms with van der Waals surface area (Å²) in [4.78, 5) is 12.3. The molecule has 0 atom stereocenters. The van der Waals surface area contributed by atoms with Gasteiger partial charge >= 0.3 is 6.18 Å². The predicted molar refractivity (Wildman–Crippen MR) is 125 cm³/mol. The maximum atomic E-state index is 13.2. The lowest BCUT2D eigenvalue weighted by atomic mass is 10.2. The quantitative estimate of drug-likeness (QED) is 0.330. The van der Waals surface area contributed by atoms with Crippen molar-refractivity contribution in [3.8, 4) is 0 Å². The van der Waals surface area contributed by atoms with Gasteiger partial charge in [0.25, 0.3) is 15.9 Å². The Kier molecular flexibility index (Phi) is 7.86. The average molecular weight is 530 g/mol. The van der Waals surface area contributed by atoms with Crippen LogP contribution < -0.4 is 9.73 Å². The number of nitrogens with one attached hydrogen (secondary N) is 1. The molecule has 0 heterocycles. The number of nitrogens with zero attached hydrogens (tertiary/aromatic N) is 2. The zero-order chi connectivity index (χ0) is 24.9. The number of carbonyl (C=O) groups excluding carboxylic acids is 1. The van der Waals surface area contributed by atoms with Gasteiger partial charge in [0.1, 0.15) is 6.54 Å². The lowest BCUT2D eigenvalue weighted by Gasteiger charge is -2.24. The number of halogens is 5. The number of sulfonamides is 1. The normalized spacial score (nSPS) is 12.0. The summed E-state index contributed by atoms with van der Waals surface area (Å²) in [6, 6.07) is 15.3. The molecule has 3 aromatic carbocycles. The van der Waals surface area contributed by atoms with Crippen LogP contribution in [0.2, 0.25) is 10.0 Å². The van der Waals surface area contributed by atoms with E-state index in [-0.39, 0.29) is 15.6 Å². The predicted octanol–water partition coefficient (Wildman–Crippen LogP) is 5.36. The number of anilines is 1. The molecule has 0 bridgehead atoms. The Bertz CT molecular complexity index is 1320. The summed E-state index contributed by atoms with van der Waals surface area (Å²) in [5.74, 6) is -0.891. The van der Waals surface area contributed by atoms with E-state index in [0.29, 0.717) is 21.0 Å². The van der Waals surface area contributed by atoms with Gasteiger partial charge in [0, 0.05) is 10.6 Å². The van der Waals surface area contributed by atoms with Crippen LogP contribution in [0, 0.1) is 0 Å². The lowest BCUT2D eigenvalue weighted by Crippen LogP contribution is -2.39. The Hall–Kier alpha value is -3.08. The first-order valence-electron chi connectivity index (χ1n) is 9.50. The molecule has 0 aromatic heterocycles. The molecule has 0 aliphatic carbocycles. The highest BCUT2D eigenvalue weighted by Crippen LogP contribution is 2.33. The van der Waals surface area contributed by atoms with Crippen LogP contribution in [-0.2, 0) is 21.0 Å². The Labute approximate surface area is 203 Å². The van der Waals surface area contributed by atoms with Crippen molar-refractivity contribution in [3.05, 3.63) is 94.0 Å². The number of hydrogen-bond acceptors (Lipinski definition) is 4. The fourth-order valence-corrected chi connectivity index (χ4v) is 4.71. The minimum Gasteiger partial charge on any atom is -0.271 e. The van der Waals surface area contributed by atoms with Crippen LogP contribution in [0.5, 0.6) is 0 Å². The third-order valence-electron chi connectivity index (χ3n) is 4.44. The Morgan fingerprint density at radius 3 is 2.35 bits per heavy atom. The van der Waals surface area contributed by atoms with Gasteiger partial charge in [-0.15, -0.1) is 0 Å². The average Bonchev–Trinajstić information content (AvgIpc) is 2.79. The Balaban J connectivity index is 1.90. The summed E-state index contributed by atoms with van der Waals surface area (Å²) in [7, 11) is -4.38. The van der Waals surface area contributed by atoms with E-state index in [1.807, 2.05) is 0 Å². The molecule has 0 aliphatic rings. The molecular formula is C22H16Cl2F3N3O3S. The maximum Gasteiger partial charge on any atom is 0.416 e. The van der Waals surface area contributed by atoms with E-state index >= 15 is 0 Å². The Morgan fingerprint density at radius 2 is 1.71 bits per heavy atom. The Morgan fingerprint density at radius 1 is 1.00 bits per heavy atom. The van der Waals surface area contributed by atoms with E-state index < -0.39 is 34.2 Å². The van der Waals surface area contributed by atoms with Crippen molar-refractivity contribution in [2.45, 2.75) is 11.1 Å². The van der Waals surface area contributed by atoms with Crippen molar-refractivity contribution in [1.82, 2.24) is 5.43 Å². The van der Waals surface area contributed by atoms with Crippen molar-refractivity contribution in [1.29, 1.82) is 0 Å². The minimum absolute atomic E-state index is 0.198. The van der Waals surface area contributed by atoms with Crippen LogP contribution in [0.15, 0.2) is 82.8 Å². The first-order valence-corrected chi connectivity index (χ1v) is 11.7. The van der Waals surface area contributed by atoms with Crippen LogP contribution in [0.4, 0.5) is 18.9 Å². The summed E-state index contributed by atoms with van der Waals surface area (Å²) >= 11 is 11.8. The van der Waals surface area contributed by atoms with Crippen LogP contribution >= 0.6 is 23.2 Å². The lowest BCUT2D eigenvalue weighted by molar-refractivity contribution is -0.137. The van der Waals surface area contributed by atoms with Gasteiger partial charge in [0.15, 0.2) is 0 Å². The molecule has 0 spiro atoms. The molecule has 6 nitrogen and oxygen atoms in total. The van der Waals surface area contributed by atoms with Gasteiger partial charge in [0.05, 0.1) is 27.4 Å². The van der Waals surface area contributed by atoms with Crippen LogP contribution in [0.1, 0.15) is 11.1 Å². The second-order valence-corrected chi connectivity index (χ2v) is 9.54. The van der Waals surface area contributed by atoms with Gasteiger partial charge in [-0.05, 0) is 42.5 Å². The molecule has 178 valence electrons. The molecule has 3 aromatic rings. The van der Waals surface area contributed by atoms with E-state index in [2.05, 4.69) is 10.5 Å². The summed E-state index contributed by atoms with van der Waals surface area (Å²) < 4.78 is 66.6. The summed E-state index contributed by atoms with van der Waals surface area (Å²) in [5.41, 5.74) is 1.19. The molecule has 0 unspecified atom stereocenters. The van der Waals surface area contributed by atoms with Gasteiger partial charge in [-0.25, -0.2) is 13.8 Å². The monoisotopic (exact) mass is 529 g/mol. The van der Waals surface area contributed by atoms with Gasteiger partial charge in [-0.1, -0.05) is 53.5 Å². The van der Waals surface area contributed by atoms with Crippen LogP contribution in [0.25, 0.3) is 0 Å². The van der Waals surface area contributed by atoms with Crippen molar-refractivity contribution >= 4 is 51.0 Å². The van der Waals surface area contributed by atoms with Crippen molar-refractivity contribution in [3.63, 3.8) is 0 Å². The number of amides is 1. The van der Waals surface area contributed by atoms with E-state index in [0.717, 1.165) is 12.1 Å². The molecule has 0 saturated carbocycles.